The van der Waals surface area contributed by atoms with Gasteiger partial charge in [-0.2, -0.15) is 0 Å². The molecule has 0 amide bonds. The normalized spacial score (nSPS) is 40.4. The van der Waals surface area contributed by atoms with Crippen LogP contribution in [0.2, 0.25) is 0 Å². The number of fused-ring (bicyclic) bond motifs is 5. The Balaban J connectivity index is 1.11. The molecule has 4 unspecified atom stereocenters. The van der Waals surface area contributed by atoms with Crippen LogP contribution in [0, 0.1) is 35.5 Å². The Morgan fingerprint density at radius 3 is 2.16 bits per heavy atom. The van der Waals surface area contributed by atoms with Crippen molar-refractivity contribution >= 4 is 17.4 Å². The van der Waals surface area contributed by atoms with Gasteiger partial charge in [-0.15, -0.1) is 0 Å². The predicted molar refractivity (Wildman–Crippen MR) is 251 cm³/mol. The number of methoxy groups -OCH3 is 3. The van der Waals surface area contributed by atoms with Crippen molar-refractivity contribution in [1.29, 1.82) is 0 Å². The number of ketones is 1. The number of ether oxygens (including phenoxy) is 9. The van der Waals surface area contributed by atoms with Crippen LogP contribution in [0.4, 0.5) is 5.69 Å². The molecule has 2 N–H and O–H groups in total. The van der Waals surface area contributed by atoms with Gasteiger partial charge < -0.3 is 58.0 Å². The second-order valence-electron chi connectivity index (χ2n) is 20.2. The maximum atomic E-state index is 15.3. The number of benzene rings is 2. The molecular weight excluding hydrogens is 857 g/mol. The van der Waals surface area contributed by atoms with Crippen molar-refractivity contribution in [3.63, 3.8) is 0 Å². The average Bonchev–Trinajstić information content (AvgIpc) is 3.91. The van der Waals surface area contributed by atoms with Crippen LogP contribution in [-0.2, 0) is 47.5 Å². The maximum absolute atomic E-state index is 15.3. The zero-order valence-electron chi connectivity index (χ0n) is 41.0. The summed E-state index contributed by atoms with van der Waals surface area (Å²) in [6, 6.07) is 17.1. The summed E-state index contributed by atoms with van der Waals surface area (Å²) in [4.78, 5) is 31.7. The minimum absolute atomic E-state index is 0.0207. The number of esters is 1. The number of para-hydroxylation sites is 1. The van der Waals surface area contributed by atoms with Gasteiger partial charge in [0, 0.05) is 44.9 Å². The number of carbonyl (C=O) groups is 2. The number of hydrogen-bond donors (Lipinski definition) is 2. The van der Waals surface area contributed by atoms with Gasteiger partial charge in [0.25, 0.3) is 0 Å². The van der Waals surface area contributed by atoms with Crippen LogP contribution in [0.5, 0.6) is 11.5 Å². The van der Waals surface area contributed by atoms with E-state index in [0.29, 0.717) is 43.4 Å². The number of anilines is 1. The van der Waals surface area contributed by atoms with Crippen LogP contribution in [0.15, 0.2) is 66.2 Å². The third-order valence-electron chi connectivity index (χ3n) is 16.1. The molecule has 0 bridgehead atoms. The van der Waals surface area contributed by atoms with Gasteiger partial charge in [0.1, 0.15) is 35.9 Å². The lowest BCUT2D eigenvalue weighted by Gasteiger charge is -2.47. The van der Waals surface area contributed by atoms with Crippen molar-refractivity contribution in [3.05, 3.63) is 66.2 Å². The predicted octanol–water partition coefficient (Wildman–Crippen LogP) is 7.57. The van der Waals surface area contributed by atoms with Crippen molar-refractivity contribution in [2.75, 3.05) is 40.7 Å². The van der Waals surface area contributed by atoms with Crippen LogP contribution in [-0.4, -0.2) is 137 Å². The first-order valence-corrected chi connectivity index (χ1v) is 24.9. The monoisotopic (exact) mass is 933 g/mol. The van der Waals surface area contributed by atoms with E-state index in [1.807, 2.05) is 75.4 Å². The fourth-order valence-electron chi connectivity index (χ4n) is 12.6. The highest BCUT2D eigenvalue weighted by molar-refractivity contribution is 5.99. The first kappa shape index (κ1) is 50.0. The van der Waals surface area contributed by atoms with Crippen molar-refractivity contribution in [1.82, 2.24) is 4.90 Å². The van der Waals surface area contributed by atoms with Crippen molar-refractivity contribution in [2.24, 2.45) is 35.5 Å². The molecule has 3 aliphatic carbocycles. The van der Waals surface area contributed by atoms with Gasteiger partial charge in [-0.05, 0) is 145 Å². The second-order valence-corrected chi connectivity index (χ2v) is 20.2. The van der Waals surface area contributed by atoms with Gasteiger partial charge in [-0.25, -0.2) is 0 Å². The summed E-state index contributed by atoms with van der Waals surface area (Å²) >= 11 is 0. The molecule has 370 valence electrons. The van der Waals surface area contributed by atoms with Gasteiger partial charge in [0.05, 0.1) is 43.0 Å². The number of aliphatic hydroxyl groups excluding tert-OH is 1. The molecule has 2 aromatic rings. The Morgan fingerprint density at radius 1 is 0.791 bits per heavy atom. The lowest BCUT2D eigenvalue weighted by atomic mass is 9.62. The van der Waals surface area contributed by atoms with Crippen LogP contribution in [0.1, 0.15) is 85.5 Å². The molecule has 3 saturated heterocycles. The number of rotatable bonds is 13. The number of allylic oxidation sites excluding steroid dienone is 2. The quantitative estimate of drug-likeness (QED) is 0.190. The van der Waals surface area contributed by atoms with E-state index in [2.05, 4.69) is 37.3 Å². The minimum atomic E-state index is -0.845. The highest BCUT2D eigenvalue weighted by atomic mass is 16.7. The van der Waals surface area contributed by atoms with Crippen LogP contribution >= 0.6 is 0 Å². The summed E-state index contributed by atoms with van der Waals surface area (Å²) in [5, 5.41) is 16.5. The Morgan fingerprint density at radius 2 is 1.49 bits per heavy atom. The van der Waals surface area contributed by atoms with Crippen LogP contribution < -0.4 is 10.1 Å². The van der Waals surface area contributed by atoms with E-state index in [-0.39, 0.29) is 78.4 Å². The number of aliphatic hydroxyl groups is 1. The number of carbonyl (C=O) groups excluding carboxylic acids is 2. The maximum Gasteiger partial charge on any atom is 0.306 e. The number of hydrogen-bond acceptors (Lipinski definition) is 14. The minimum Gasteiger partial charge on any atom is -0.462 e. The first-order chi connectivity index (χ1) is 32.3. The standard InChI is InChI=1S/C53H76N2O12/c1-10-33-17-14-18-43(67-45-24-23-42(55(5)6)30(3)62-45)29(2)48(57)41-27-38-37-25-36(66-53-52(61-9)51(60-8)50(59-7)31(4)63-53)26-40(37)49(58)47(46(38)39(41)28-44(56)65-33)54-32-19-21-35(22-20-32)64-34-15-12-11-13-16-34/h11-13,15-16,19-22,27,29-31,33,36-40,42-43,45-47,49-54,58H,10,14,17-18,23-26,28H2,1-9H3/t29-,30?,31?,33+,36+,37+,38+,39-,40-,42+,43+,45+,46-,47-,49-,50+,51?,52?,53+/m1/s1. The summed E-state index contributed by atoms with van der Waals surface area (Å²) in [5.41, 5.74) is 1.42. The molecule has 2 saturated carbocycles. The van der Waals surface area contributed by atoms with E-state index in [4.69, 9.17) is 42.6 Å². The Kier molecular flexibility index (Phi) is 16.5. The Bertz CT molecular complexity index is 1970. The lowest BCUT2D eigenvalue weighted by molar-refractivity contribution is -0.314. The van der Waals surface area contributed by atoms with E-state index < -0.39 is 54.9 Å². The zero-order valence-corrected chi connectivity index (χ0v) is 41.0. The lowest BCUT2D eigenvalue weighted by Crippen LogP contribution is -2.59. The number of nitrogens with zero attached hydrogens (tertiary/aromatic N) is 1. The van der Waals surface area contributed by atoms with Gasteiger partial charge in [0.2, 0.25) is 0 Å². The SMILES string of the molecule is CC[C@H]1CCC[C@H](O[C@H]2CC[C@H](N(C)C)C(C)O2)[C@@H](C)C(=O)C2=C[C@H]3[C@@H]4C[C@H](O[C@@H]5OC(C)[C@H](OC)C(OC)C5OC)C[C@H]4[C@@H](O)[C@H](Nc4ccc(Oc5ccccc5)cc4)[C@H]3[C@@H]2CC(=O)O1. The summed E-state index contributed by atoms with van der Waals surface area (Å²) in [5.74, 6) is -0.671. The van der Waals surface area contributed by atoms with Crippen molar-refractivity contribution in [3.8, 4) is 11.5 Å². The van der Waals surface area contributed by atoms with Gasteiger partial charge >= 0.3 is 5.97 Å². The molecule has 8 rings (SSSR count). The number of nitrogens with one attached hydrogen (secondary N) is 1. The van der Waals surface area contributed by atoms with E-state index in [9.17, 15) is 9.90 Å². The van der Waals surface area contributed by atoms with E-state index in [0.717, 1.165) is 30.7 Å². The van der Waals surface area contributed by atoms with Gasteiger partial charge in [0.15, 0.2) is 18.4 Å². The molecule has 0 aromatic heterocycles. The topological polar surface area (TPSA) is 153 Å². The fraction of sp³-hybridized carbons (Fsp3) is 0.698. The van der Waals surface area contributed by atoms with E-state index >= 15 is 4.79 Å². The molecule has 0 spiro atoms. The fourth-order valence-corrected chi connectivity index (χ4v) is 12.6. The molecule has 14 heteroatoms. The number of Topliss-reactive ketones (excluding diaryl/α,β-unsaturated/α-hetero) is 1. The van der Waals surface area contributed by atoms with Gasteiger partial charge in [-0.3, -0.25) is 9.59 Å². The molecule has 67 heavy (non-hydrogen) atoms. The third-order valence-corrected chi connectivity index (χ3v) is 16.1. The molecule has 14 nitrogen and oxygen atoms in total. The summed E-state index contributed by atoms with van der Waals surface area (Å²) in [7, 11) is 9.05. The molecule has 6 aliphatic rings. The molecule has 5 fully saturated rings. The molecule has 19 atom stereocenters. The first-order valence-electron chi connectivity index (χ1n) is 24.9. The summed E-state index contributed by atoms with van der Waals surface area (Å²) in [6.45, 7) is 8.06. The highest BCUT2D eigenvalue weighted by Crippen LogP contribution is 2.57. The highest BCUT2D eigenvalue weighted by Gasteiger charge is 2.60. The third kappa shape index (κ3) is 10.8. The molecule has 0 radical (unpaired) electrons. The number of likely N-dealkylation sites (N-methyl/N-ethyl adjacent to an activating group) is 1. The van der Waals surface area contributed by atoms with Crippen LogP contribution in [0.3, 0.4) is 0 Å². The summed E-state index contributed by atoms with van der Waals surface area (Å²) in [6.07, 6.45) is 3.16. The molecular formula is C53H76N2O12. The second kappa shape index (κ2) is 22.1. The van der Waals surface area contributed by atoms with Crippen molar-refractivity contribution in [2.45, 2.75) is 165 Å². The zero-order chi connectivity index (χ0) is 47.5. The Hall–Kier alpha value is -3.44. The summed E-state index contributed by atoms with van der Waals surface area (Å²) < 4.78 is 56.5. The van der Waals surface area contributed by atoms with E-state index in [1.165, 1.54) is 0 Å². The molecule has 3 heterocycles. The van der Waals surface area contributed by atoms with Gasteiger partial charge in [-0.1, -0.05) is 38.1 Å². The largest absolute Gasteiger partial charge is 0.462 e. The smallest absolute Gasteiger partial charge is 0.306 e. The molecule has 3 aliphatic heterocycles. The van der Waals surface area contributed by atoms with Crippen LogP contribution in [0.25, 0.3) is 0 Å². The average molecular weight is 933 g/mol. The number of cyclic esters (lactones) is 1. The van der Waals surface area contributed by atoms with Crippen molar-refractivity contribution < 1.29 is 57.3 Å². The van der Waals surface area contributed by atoms with E-state index in [1.54, 1.807) is 21.3 Å². The molecule has 2 aromatic carbocycles. The Labute approximate surface area is 397 Å².